The number of nitrogens with zero attached hydrogens (tertiary/aromatic N) is 1. The summed E-state index contributed by atoms with van der Waals surface area (Å²) in [7, 11) is 1.94. The summed E-state index contributed by atoms with van der Waals surface area (Å²) in [5.41, 5.74) is -0.504. The molecule has 3 atom stereocenters. The molecule has 37 heavy (non-hydrogen) atoms. The lowest BCUT2D eigenvalue weighted by atomic mass is 9.74. The summed E-state index contributed by atoms with van der Waals surface area (Å²) in [4.78, 5) is 15.3. The summed E-state index contributed by atoms with van der Waals surface area (Å²) in [6.07, 6.45) is 11.4. The highest BCUT2D eigenvalue weighted by molar-refractivity contribution is 6.42. The van der Waals surface area contributed by atoms with Crippen LogP contribution in [0.5, 0.6) is 0 Å². The summed E-state index contributed by atoms with van der Waals surface area (Å²) in [6, 6.07) is 5.55. The van der Waals surface area contributed by atoms with E-state index in [1.165, 1.54) is 32.1 Å². The number of carbonyl (C=O) groups excluding carboxylic acids is 1. The molecule has 1 aromatic rings. The Hall–Kier alpha value is -1.05. The normalized spacial score (nSPS) is 21.4. The maximum Gasteiger partial charge on any atom is 0.317 e. The van der Waals surface area contributed by atoms with Gasteiger partial charge in [0.05, 0.1) is 15.6 Å². The summed E-state index contributed by atoms with van der Waals surface area (Å²) in [6.45, 7) is 5.30. The molecule has 1 saturated heterocycles. The maximum absolute atomic E-state index is 13.4. The first kappa shape index (κ1) is 30.5. The maximum atomic E-state index is 13.4. The van der Waals surface area contributed by atoms with Crippen molar-refractivity contribution in [3.05, 3.63) is 33.8 Å². The lowest BCUT2D eigenvalue weighted by molar-refractivity contribution is -0.0564. The van der Waals surface area contributed by atoms with Gasteiger partial charge in [0, 0.05) is 50.4 Å². The number of hydrogen-bond acceptors (Lipinski definition) is 4. The van der Waals surface area contributed by atoms with Crippen LogP contribution in [0.4, 0.5) is 4.79 Å². The number of hydrogen-bond donors (Lipinski definition) is 3. The molecule has 3 N–H and O–H groups in total. The Morgan fingerprint density at radius 1 is 1.19 bits per heavy atom. The van der Waals surface area contributed by atoms with Crippen LogP contribution in [0.2, 0.25) is 10.0 Å². The van der Waals surface area contributed by atoms with Crippen LogP contribution < -0.4 is 10.6 Å². The molecule has 3 rings (SSSR count). The van der Waals surface area contributed by atoms with Crippen LogP contribution in [-0.4, -0.2) is 62.0 Å². The van der Waals surface area contributed by atoms with E-state index < -0.39 is 5.60 Å². The van der Waals surface area contributed by atoms with E-state index in [9.17, 15) is 9.90 Å². The second-order valence-electron chi connectivity index (χ2n) is 10.9. The topological polar surface area (TPSA) is 73.8 Å². The van der Waals surface area contributed by atoms with Crippen molar-refractivity contribution in [1.82, 2.24) is 15.5 Å². The van der Waals surface area contributed by atoms with Gasteiger partial charge in [-0.15, -0.1) is 0 Å². The molecule has 1 saturated carbocycles. The molecule has 8 heteroatoms. The third-order valence-electron chi connectivity index (χ3n) is 8.22. The number of nitrogens with one attached hydrogen (secondary N) is 2. The predicted octanol–water partition coefficient (Wildman–Crippen LogP) is 6.37. The minimum Gasteiger partial charge on any atom is -0.385 e. The van der Waals surface area contributed by atoms with Gasteiger partial charge in [0.25, 0.3) is 0 Å². The zero-order valence-corrected chi connectivity index (χ0v) is 24.3. The van der Waals surface area contributed by atoms with E-state index in [1.807, 2.05) is 31.0 Å². The average Bonchev–Trinajstić information content (AvgIpc) is 2.90. The highest BCUT2D eigenvalue weighted by atomic mass is 35.5. The van der Waals surface area contributed by atoms with E-state index in [0.717, 1.165) is 38.6 Å². The highest BCUT2D eigenvalue weighted by Crippen LogP contribution is 2.44. The summed E-state index contributed by atoms with van der Waals surface area (Å²) >= 11 is 13.0. The van der Waals surface area contributed by atoms with Crippen LogP contribution in [0.1, 0.15) is 83.1 Å². The van der Waals surface area contributed by atoms with Gasteiger partial charge in [-0.05, 0) is 64.5 Å². The van der Waals surface area contributed by atoms with Gasteiger partial charge in [-0.2, -0.15) is 0 Å². The SMILES string of the molecule is CCOCCCC[C@@](O)(c1cccc(Cl)c1Cl)[C@@H]1CCCN(C(=O)NC(CNC)CC2CCCCC2)C1. The number of benzene rings is 1. The molecule has 2 fully saturated rings. The van der Waals surface area contributed by atoms with E-state index >= 15 is 0 Å². The lowest BCUT2D eigenvalue weighted by Crippen LogP contribution is -2.54. The van der Waals surface area contributed by atoms with E-state index in [4.69, 9.17) is 27.9 Å². The number of likely N-dealkylation sites (N-methyl/N-ethyl adjacent to an activating group) is 1. The number of rotatable bonds is 13. The summed E-state index contributed by atoms with van der Waals surface area (Å²) in [5.74, 6) is 0.560. The number of piperidine rings is 1. The minimum absolute atomic E-state index is 0.0309. The Morgan fingerprint density at radius 2 is 1.97 bits per heavy atom. The van der Waals surface area contributed by atoms with Crippen LogP contribution in [0.15, 0.2) is 18.2 Å². The number of amides is 2. The average molecular weight is 557 g/mol. The van der Waals surface area contributed by atoms with Gasteiger partial charge in [-0.25, -0.2) is 4.79 Å². The first-order chi connectivity index (χ1) is 17.9. The lowest BCUT2D eigenvalue weighted by Gasteiger charge is -2.43. The fourth-order valence-electron chi connectivity index (χ4n) is 6.22. The quantitative estimate of drug-likeness (QED) is 0.247. The van der Waals surface area contributed by atoms with Crippen LogP contribution in [-0.2, 0) is 10.3 Å². The van der Waals surface area contributed by atoms with Gasteiger partial charge in [0.15, 0.2) is 0 Å². The number of unbranched alkanes of at least 4 members (excludes halogenated alkanes) is 1. The zero-order chi connectivity index (χ0) is 26.7. The van der Waals surface area contributed by atoms with Crippen LogP contribution in [0.3, 0.4) is 0 Å². The molecule has 2 aliphatic rings. The first-order valence-corrected chi connectivity index (χ1v) is 15.1. The number of likely N-dealkylation sites (tertiary alicyclic amines) is 1. The molecule has 1 aliphatic carbocycles. The fraction of sp³-hybridized carbons (Fsp3) is 0.759. The van der Waals surface area contributed by atoms with Gasteiger partial charge in [0.2, 0.25) is 0 Å². The number of carbonyl (C=O) groups is 1. The minimum atomic E-state index is -1.17. The molecule has 2 amide bonds. The Balaban J connectivity index is 1.71. The molecule has 1 aromatic carbocycles. The van der Waals surface area contributed by atoms with Crippen LogP contribution >= 0.6 is 23.2 Å². The third kappa shape index (κ3) is 8.72. The molecule has 210 valence electrons. The molecule has 1 heterocycles. The molecule has 6 nitrogen and oxygen atoms in total. The molecule has 0 spiro atoms. The Bertz CT molecular complexity index is 837. The molecule has 0 bridgehead atoms. The van der Waals surface area contributed by atoms with Gasteiger partial charge >= 0.3 is 6.03 Å². The van der Waals surface area contributed by atoms with Crippen molar-refractivity contribution >= 4 is 29.2 Å². The number of halogens is 2. The number of urea groups is 1. The first-order valence-electron chi connectivity index (χ1n) is 14.3. The smallest absolute Gasteiger partial charge is 0.317 e. The largest absolute Gasteiger partial charge is 0.385 e. The molecular weight excluding hydrogens is 509 g/mol. The molecule has 0 aromatic heterocycles. The van der Waals surface area contributed by atoms with Gasteiger partial charge in [-0.3, -0.25) is 0 Å². The van der Waals surface area contributed by atoms with Crippen LogP contribution in [0, 0.1) is 11.8 Å². The Labute approximate surface area is 233 Å². The number of aliphatic hydroxyl groups is 1. The molecule has 1 unspecified atom stereocenters. The van der Waals surface area contributed by atoms with Crippen LogP contribution in [0.25, 0.3) is 0 Å². The highest BCUT2D eigenvalue weighted by Gasteiger charge is 2.42. The summed E-state index contributed by atoms with van der Waals surface area (Å²) in [5, 5.41) is 19.6. The van der Waals surface area contributed by atoms with Crippen molar-refractivity contribution in [2.45, 2.75) is 89.2 Å². The van der Waals surface area contributed by atoms with Gasteiger partial charge in [0.1, 0.15) is 0 Å². The van der Waals surface area contributed by atoms with Crippen molar-refractivity contribution < 1.29 is 14.6 Å². The predicted molar refractivity (Wildman–Crippen MR) is 152 cm³/mol. The van der Waals surface area contributed by atoms with E-state index in [1.54, 1.807) is 6.07 Å². The van der Waals surface area contributed by atoms with E-state index in [0.29, 0.717) is 54.3 Å². The monoisotopic (exact) mass is 555 g/mol. The number of ether oxygens (including phenoxy) is 1. The Kier molecular flexibility index (Phi) is 12.8. The van der Waals surface area contributed by atoms with Crippen molar-refractivity contribution in [3.8, 4) is 0 Å². The van der Waals surface area contributed by atoms with E-state index in [2.05, 4.69) is 10.6 Å². The standard InChI is InChI=1S/C29H47Cl2N3O3/c1-3-37-18-8-7-16-29(36,25-14-9-15-26(30)27(25)31)23-13-10-17-34(21-23)28(35)33-24(20-32-2)19-22-11-5-4-6-12-22/h9,14-15,22-24,32,36H,3-8,10-13,16-21H2,1-2H3,(H,33,35)/t23-,24?,29+/m1/s1. The zero-order valence-electron chi connectivity index (χ0n) is 22.7. The van der Waals surface area contributed by atoms with Crippen molar-refractivity contribution in [2.75, 3.05) is 39.9 Å². The van der Waals surface area contributed by atoms with Crippen molar-refractivity contribution in [2.24, 2.45) is 11.8 Å². The molecular formula is C29H47Cl2N3O3. The fourth-order valence-corrected chi connectivity index (χ4v) is 6.69. The second kappa shape index (κ2) is 15.5. The Morgan fingerprint density at radius 3 is 2.70 bits per heavy atom. The summed E-state index contributed by atoms with van der Waals surface area (Å²) < 4.78 is 5.51. The molecule has 1 aliphatic heterocycles. The van der Waals surface area contributed by atoms with E-state index in [-0.39, 0.29) is 18.0 Å². The molecule has 0 radical (unpaired) electrons. The van der Waals surface area contributed by atoms with Crippen molar-refractivity contribution in [1.29, 1.82) is 0 Å². The van der Waals surface area contributed by atoms with Gasteiger partial charge in [-0.1, -0.05) is 67.4 Å². The van der Waals surface area contributed by atoms with Gasteiger partial charge < -0.3 is 25.4 Å². The van der Waals surface area contributed by atoms with Crippen molar-refractivity contribution in [3.63, 3.8) is 0 Å². The second-order valence-corrected chi connectivity index (χ2v) is 11.7. The third-order valence-corrected chi connectivity index (χ3v) is 9.04.